The second-order valence-electron chi connectivity index (χ2n) is 7.86. The predicted octanol–water partition coefficient (Wildman–Crippen LogP) is 6.71. The Morgan fingerprint density at radius 1 is 0.816 bits per heavy atom. The number of para-hydroxylation sites is 1. The largest absolute Gasteiger partial charge is 0.337 e. The molecular formula is C24H14Cl3F5N4O2. The van der Waals surface area contributed by atoms with Gasteiger partial charge in [0.2, 0.25) is 9.63 Å². The van der Waals surface area contributed by atoms with Crippen LogP contribution in [0.4, 0.5) is 43.8 Å². The maximum atomic E-state index is 15.0. The third-order valence-electron chi connectivity index (χ3n) is 5.40. The van der Waals surface area contributed by atoms with Crippen molar-refractivity contribution in [2.75, 3.05) is 16.8 Å². The van der Waals surface area contributed by atoms with E-state index in [1.165, 1.54) is 18.2 Å². The van der Waals surface area contributed by atoms with Crippen molar-refractivity contribution in [1.29, 1.82) is 0 Å². The molecule has 14 heteroatoms. The van der Waals surface area contributed by atoms with Crippen LogP contribution in [0.1, 0.15) is 0 Å². The number of amides is 3. The van der Waals surface area contributed by atoms with Crippen LogP contribution < -0.4 is 9.80 Å². The molecule has 0 spiro atoms. The molecule has 198 valence electrons. The van der Waals surface area contributed by atoms with Crippen LogP contribution in [0, 0.1) is 29.1 Å². The van der Waals surface area contributed by atoms with E-state index in [9.17, 15) is 22.8 Å². The molecular weight excluding hydrogens is 578 g/mol. The van der Waals surface area contributed by atoms with Gasteiger partial charge in [0, 0.05) is 19.2 Å². The lowest BCUT2D eigenvalue weighted by molar-refractivity contribution is -0.119. The zero-order chi connectivity index (χ0) is 27.9. The van der Waals surface area contributed by atoms with E-state index in [4.69, 9.17) is 34.8 Å². The lowest BCUT2D eigenvalue weighted by atomic mass is 10.2. The Hall–Kier alpha value is -3.41. The van der Waals surface area contributed by atoms with Crippen molar-refractivity contribution in [3.05, 3.63) is 89.7 Å². The fraction of sp³-hybridized carbons (Fsp3) is 0.125. The average molecular weight is 592 g/mol. The number of carbonyl (C=O) groups excluding carboxylic acids is 2. The minimum absolute atomic E-state index is 0.385. The average Bonchev–Trinajstić information content (AvgIpc) is 3.03. The lowest BCUT2D eigenvalue weighted by Gasteiger charge is -2.35. The summed E-state index contributed by atoms with van der Waals surface area (Å²) in [6.07, 6.45) is -2.04. The number of amidine groups is 1. The lowest BCUT2D eigenvalue weighted by Crippen LogP contribution is -2.44. The van der Waals surface area contributed by atoms with Crippen LogP contribution in [0.3, 0.4) is 0 Å². The summed E-state index contributed by atoms with van der Waals surface area (Å²) in [7, 11) is 1.09. The quantitative estimate of drug-likeness (QED) is 0.188. The van der Waals surface area contributed by atoms with Crippen LogP contribution >= 0.6 is 34.8 Å². The van der Waals surface area contributed by atoms with Crippen LogP contribution in [-0.2, 0) is 4.79 Å². The van der Waals surface area contributed by atoms with Gasteiger partial charge in [-0.25, -0.2) is 36.6 Å². The van der Waals surface area contributed by atoms with Gasteiger partial charge in [-0.3, -0.25) is 9.69 Å². The summed E-state index contributed by atoms with van der Waals surface area (Å²) in [5.41, 5.74) is -1.55. The predicted molar refractivity (Wildman–Crippen MR) is 133 cm³/mol. The summed E-state index contributed by atoms with van der Waals surface area (Å²) in [5, 5.41) is 0. The summed E-state index contributed by atoms with van der Waals surface area (Å²) in [5.74, 6) is -7.23. The van der Waals surface area contributed by atoms with Gasteiger partial charge in [-0.05, 0) is 36.4 Å². The molecule has 1 aliphatic heterocycles. The molecule has 38 heavy (non-hydrogen) atoms. The Bertz CT molecular complexity index is 1420. The van der Waals surface area contributed by atoms with Crippen molar-refractivity contribution in [3.63, 3.8) is 0 Å². The van der Waals surface area contributed by atoms with Gasteiger partial charge in [0.25, 0.3) is 5.91 Å². The highest BCUT2D eigenvalue weighted by Crippen LogP contribution is 2.43. The molecule has 0 saturated carbocycles. The molecule has 6 nitrogen and oxygen atoms in total. The Balaban J connectivity index is 2.00. The fourth-order valence-corrected chi connectivity index (χ4v) is 4.12. The molecule has 0 aliphatic carbocycles. The highest BCUT2D eigenvalue weighted by atomic mass is 35.6. The molecule has 3 aromatic carbocycles. The molecule has 0 aromatic heterocycles. The van der Waals surface area contributed by atoms with E-state index in [0.29, 0.717) is 26.8 Å². The number of benzene rings is 3. The first-order valence-electron chi connectivity index (χ1n) is 10.5. The zero-order valence-electron chi connectivity index (χ0n) is 19.0. The molecule has 1 heterocycles. The number of urea groups is 1. The van der Waals surface area contributed by atoms with Crippen LogP contribution in [0.15, 0.2) is 65.7 Å². The Labute approximate surface area is 227 Å². The maximum absolute atomic E-state index is 15.0. The number of rotatable bonds is 5. The first-order valence-corrected chi connectivity index (χ1v) is 11.6. The first-order chi connectivity index (χ1) is 17.8. The molecule has 0 N–H and O–H groups in total. The van der Waals surface area contributed by atoms with Crippen LogP contribution in [0.5, 0.6) is 0 Å². The van der Waals surface area contributed by atoms with Crippen LogP contribution in [0.25, 0.3) is 0 Å². The molecule has 4 rings (SSSR count). The number of alkyl halides is 3. The summed E-state index contributed by atoms with van der Waals surface area (Å²) >= 11 is 18.5. The summed E-state index contributed by atoms with van der Waals surface area (Å²) < 4.78 is 69.5. The van der Waals surface area contributed by atoms with E-state index in [0.717, 1.165) is 37.4 Å². The summed E-state index contributed by atoms with van der Waals surface area (Å²) in [6.45, 7) is 0. The Morgan fingerprint density at radius 3 is 1.82 bits per heavy atom. The van der Waals surface area contributed by atoms with Crippen LogP contribution in [-0.4, -0.2) is 39.7 Å². The van der Waals surface area contributed by atoms with Crippen molar-refractivity contribution in [2.24, 2.45) is 4.99 Å². The molecule has 3 aromatic rings. The van der Waals surface area contributed by atoms with Crippen molar-refractivity contribution < 1.29 is 31.5 Å². The fourth-order valence-electron chi connectivity index (χ4n) is 3.68. The van der Waals surface area contributed by atoms with Gasteiger partial charge in [0.1, 0.15) is 29.1 Å². The van der Waals surface area contributed by atoms with Gasteiger partial charge in [-0.15, -0.1) is 0 Å². The van der Waals surface area contributed by atoms with E-state index in [-0.39, 0.29) is 5.69 Å². The first kappa shape index (κ1) is 27.6. The van der Waals surface area contributed by atoms with Gasteiger partial charge >= 0.3 is 6.03 Å². The molecule has 1 fully saturated rings. The second kappa shape index (κ2) is 10.4. The van der Waals surface area contributed by atoms with Gasteiger partial charge in [0.15, 0.2) is 6.17 Å². The number of hydrogen-bond donors (Lipinski definition) is 0. The van der Waals surface area contributed by atoms with Gasteiger partial charge in [-0.1, -0.05) is 46.9 Å². The molecule has 3 amide bonds. The molecule has 1 aliphatic rings. The number of carbonyl (C=O) groups is 2. The van der Waals surface area contributed by atoms with E-state index in [2.05, 4.69) is 4.99 Å². The van der Waals surface area contributed by atoms with Gasteiger partial charge in [0.05, 0.1) is 17.1 Å². The van der Waals surface area contributed by atoms with E-state index < -0.39 is 68.2 Å². The molecule has 1 atom stereocenters. The standard InChI is InChI=1S/C24H14Cl3F5N4O2/c1-34-21(37)20(36(23(34)38)17-5-3-2-4-14(17)30)33-22(24(25,26)27)35(18-8-6-12(28)10-15(18)31)19-9-7-13(29)11-16(19)32/h2-11,22H,1H3. The molecule has 0 bridgehead atoms. The Morgan fingerprint density at radius 2 is 1.34 bits per heavy atom. The summed E-state index contributed by atoms with van der Waals surface area (Å²) in [6, 6.07) is 8.19. The summed E-state index contributed by atoms with van der Waals surface area (Å²) in [4.78, 5) is 31.8. The molecule has 0 radical (unpaired) electrons. The number of halogens is 8. The van der Waals surface area contributed by atoms with E-state index >= 15 is 8.78 Å². The number of anilines is 3. The van der Waals surface area contributed by atoms with Gasteiger partial charge < -0.3 is 4.90 Å². The Kier molecular flexibility index (Phi) is 7.55. The zero-order valence-corrected chi connectivity index (χ0v) is 21.2. The number of likely N-dealkylation sites (N-methyl/N-ethyl adjacent to an activating group) is 1. The minimum atomic E-state index is -2.60. The molecule has 1 unspecified atom stereocenters. The van der Waals surface area contributed by atoms with Gasteiger partial charge in [-0.2, -0.15) is 0 Å². The van der Waals surface area contributed by atoms with Crippen molar-refractivity contribution >= 4 is 69.6 Å². The number of nitrogens with zero attached hydrogens (tertiary/aromatic N) is 4. The van der Waals surface area contributed by atoms with E-state index in [1.54, 1.807) is 0 Å². The third-order valence-corrected chi connectivity index (χ3v) is 5.99. The maximum Gasteiger partial charge on any atom is 0.337 e. The number of imide groups is 1. The number of hydrogen-bond acceptors (Lipinski definition) is 4. The topological polar surface area (TPSA) is 56.2 Å². The van der Waals surface area contributed by atoms with Crippen LogP contribution in [0.2, 0.25) is 0 Å². The normalized spacial score (nSPS) is 16.0. The minimum Gasteiger partial charge on any atom is -0.310 e. The SMILES string of the molecule is CN1C(=O)C(=NC(N(c2ccc(F)cc2F)c2ccc(F)cc2F)C(Cl)(Cl)Cl)N(c2ccccc2F)C1=O. The monoisotopic (exact) mass is 590 g/mol. The smallest absolute Gasteiger partial charge is 0.310 e. The van der Waals surface area contributed by atoms with Crippen molar-refractivity contribution in [2.45, 2.75) is 9.96 Å². The van der Waals surface area contributed by atoms with E-state index in [1.807, 2.05) is 0 Å². The van der Waals surface area contributed by atoms with Crippen molar-refractivity contribution in [3.8, 4) is 0 Å². The second-order valence-corrected chi connectivity index (χ2v) is 10.2. The highest BCUT2D eigenvalue weighted by molar-refractivity contribution is 6.68. The third kappa shape index (κ3) is 5.13. The number of aliphatic imine (C=N–C) groups is 1. The van der Waals surface area contributed by atoms with Crippen molar-refractivity contribution in [1.82, 2.24) is 4.90 Å². The highest BCUT2D eigenvalue weighted by Gasteiger charge is 2.47. The molecule has 1 saturated heterocycles.